The summed E-state index contributed by atoms with van der Waals surface area (Å²) in [5.74, 6) is -0.602. The molecule has 5 rings (SSSR count). The van der Waals surface area contributed by atoms with Gasteiger partial charge >= 0.3 is 0 Å². The second kappa shape index (κ2) is 7.81. The number of hydrogen-bond donors (Lipinski definition) is 1. The molecule has 0 atom stereocenters. The van der Waals surface area contributed by atoms with E-state index in [2.05, 4.69) is 15.3 Å². The maximum Gasteiger partial charge on any atom is 0.161 e. The molecule has 3 heterocycles. The Bertz CT molecular complexity index is 1440. The highest BCUT2D eigenvalue weighted by molar-refractivity contribution is 5.77. The third kappa shape index (κ3) is 3.56. The molecule has 0 bridgehead atoms. The first-order chi connectivity index (χ1) is 15.5. The molecule has 8 heteroatoms. The zero-order chi connectivity index (χ0) is 22.2. The van der Waals surface area contributed by atoms with E-state index in [0.717, 1.165) is 28.8 Å². The predicted molar refractivity (Wildman–Crippen MR) is 119 cm³/mol. The first-order valence-corrected chi connectivity index (χ1v) is 9.91. The number of anilines is 2. The third-order valence-corrected chi connectivity index (χ3v) is 5.14. The minimum atomic E-state index is -0.655. The average molecular weight is 431 g/mol. The molecule has 3 aromatic heterocycles. The number of fused-ring (bicyclic) bond motifs is 1. The van der Waals surface area contributed by atoms with Crippen molar-refractivity contribution in [1.82, 2.24) is 18.9 Å². The summed E-state index contributed by atoms with van der Waals surface area (Å²) in [7, 11) is 1.62. The van der Waals surface area contributed by atoms with Crippen molar-refractivity contribution in [2.45, 2.75) is 6.92 Å². The fourth-order valence-electron chi connectivity index (χ4n) is 3.61. The number of halogens is 2. The Morgan fingerprint density at radius 2 is 1.91 bits per heavy atom. The number of methoxy groups -OCH3 is 1. The molecule has 0 radical (unpaired) electrons. The monoisotopic (exact) mass is 431 g/mol. The van der Waals surface area contributed by atoms with Gasteiger partial charge < -0.3 is 19.0 Å². The number of aromatic nitrogens is 4. The number of rotatable bonds is 5. The van der Waals surface area contributed by atoms with Gasteiger partial charge in [0.05, 0.1) is 36.2 Å². The largest absolute Gasteiger partial charge is 0.494 e. The molecular weight excluding hydrogens is 412 g/mol. The highest BCUT2D eigenvalue weighted by Gasteiger charge is 2.13. The second-order valence-corrected chi connectivity index (χ2v) is 7.34. The molecule has 0 aliphatic carbocycles. The first-order valence-electron chi connectivity index (χ1n) is 9.91. The molecule has 5 aromatic rings. The van der Waals surface area contributed by atoms with Gasteiger partial charge in [0.2, 0.25) is 0 Å². The Morgan fingerprint density at radius 3 is 2.66 bits per heavy atom. The van der Waals surface area contributed by atoms with Crippen LogP contribution in [-0.2, 0) is 0 Å². The van der Waals surface area contributed by atoms with Crippen LogP contribution in [0.3, 0.4) is 0 Å². The van der Waals surface area contributed by atoms with E-state index in [4.69, 9.17) is 4.74 Å². The van der Waals surface area contributed by atoms with Crippen LogP contribution >= 0.6 is 0 Å². The maximum atomic E-state index is 14.2. The van der Waals surface area contributed by atoms with Gasteiger partial charge in [0, 0.05) is 42.0 Å². The van der Waals surface area contributed by atoms with Crippen molar-refractivity contribution in [3.8, 4) is 22.7 Å². The highest BCUT2D eigenvalue weighted by atomic mass is 19.1. The van der Waals surface area contributed by atoms with Crippen LogP contribution in [0.1, 0.15) is 5.69 Å². The van der Waals surface area contributed by atoms with Gasteiger partial charge in [-0.05, 0) is 43.3 Å². The molecule has 1 N–H and O–H groups in total. The molecule has 0 unspecified atom stereocenters. The molecule has 2 aromatic carbocycles. The Kier molecular flexibility index (Phi) is 4.82. The van der Waals surface area contributed by atoms with E-state index < -0.39 is 11.6 Å². The van der Waals surface area contributed by atoms with Crippen molar-refractivity contribution in [1.29, 1.82) is 0 Å². The van der Waals surface area contributed by atoms with Crippen molar-refractivity contribution < 1.29 is 13.5 Å². The minimum absolute atomic E-state index is 0.239. The number of aryl methyl sites for hydroxylation is 1. The van der Waals surface area contributed by atoms with Crippen molar-refractivity contribution in [3.05, 3.63) is 90.8 Å². The summed E-state index contributed by atoms with van der Waals surface area (Å²) in [5.41, 5.74) is 4.57. The SMILES string of the molecule is COc1cc(Nc2cccn3cc(-c4ccc(F)cc4F)nc23)ccc1-n1cnc(C)c1. The van der Waals surface area contributed by atoms with Gasteiger partial charge in [0.25, 0.3) is 0 Å². The number of hydrogen-bond acceptors (Lipinski definition) is 4. The summed E-state index contributed by atoms with van der Waals surface area (Å²) in [6.45, 7) is 1.93. The van der Waals surface area contributed by atoms with Gasteiger partial charge in [0.15, 0.2) is 5.65 Å². The van der Waals surface area contributed by atoms with Crippen LogP contribution in [0, 0.1) is 18.6 Å². The third-order valence-electron chi connectivity index (χ3n) is 5.14. The summed E-state index contributed by atoms with van der Waals surface area (Å²) in [6.07, 6.45) is 7.19. The average Bonchev–Trinajstić information content (AvgIpc) is 3.40. The molecule has 0 spiro atoms. The topological polar surface area (TPSA) is 56.4 Å². The van der Waals surface area contributed by atoms with Gasteiger partial charge in [-0.1, -0.05) is 0 Å². The molecule has 0 saturated heterocycles. The zero-order valence-electron chi connectivity index (χ0n) is 17.4. The molecule has 0 aliphatic heterocycles. The summed E-state index contributed by atoms with van der Waals surface area (Å²) >= 11 is 0. The highest BCUT2D eigenvalue weighted by Crippen LogP contribution is 2.31. The quantitative estimate of drug-likeness (QED) is 0.398. The fourth-order valence-corrected chi connectivity index (χ4v) is 3.61. The van der Waals surface area contributed by atoms with Crippen LogP contribution in [0.5, 0.6) is 5.75 Å². The van der Waals surface area contributed by atoms with Crippen LogP contribution in [0.25, 0.3) is 22.6 Å². The standard InChI is InChI=1S/C24H19F2N5O/c1-15-12-31(14-27-15)22-8-6-17(11-23(22)32-2)28-20-4-3-9-30-13-21(29-24(20)30)18-7-5-16(25)10-19(18)26/h3-14,28H,1-2H3. The predicted octanol–water partition coefficient (Wildman–Crippen LogP) is 5.53. The molecule has 160 valence electrons. The second-order valence-electron chi connectivity index (χ2n) is 7.34. The lowest BCUT2D eigenvalue weighted by Gasteiger charge is -2.13. The number of imidazole rings is 2. The summed E-state index contributed by atoms with van der Waals surface area (Å²) in [5, 5.41) is 3.35. The zero-order valence-corrected chi connectivity index (χ0v) is 17.4. The van der Waals surface area contributed by atoms with Gasteiger partial charge in [-0.3, -0.25) is 0 Å². The van der Waals surface area contributed by atoms with Crippen molar-refractivity contribution in [3.63, 3.8) is 0 Å². The minimum Gasteiger partial charge on any atom is -0.494 e. The number of pyridine rings is 1. The molecule has 0 aliphatic rings. The molecular formula is C24H19F2N5O. The van der Waals surface area contributed by atoms with E-state index in [1.165, 1.54) is 12.1 Å². The molecule has 0 saturated carbocycles. The van der Waals surface area contributed by atoms with E-state index in [-0.39, 0.29) is 5.56 Å². The Labute approximate surface area is 182 Å². The Morgan fingerprint density at radius 1 is 1.03 bits per heavy atom. The molecule has 32 heavy (non-hydrogen) atoms. The van der Waals surface area contributed by atoms with E-state index in [1.54, 1.807) is 24.0 Å². The number of nitrogens with zero attached hydrogens (tertiary/aromatic N) is 4. The van der Waals surface area contributed by atoms with Gasteiger partial charge in [-0.2, -0.15) is 0 Å². The summed E-state index contributed by atoms with van der Waals surface area (Å²) < 4.78 is 36.8. The summed E-state index contributed by atoms with van der Waals surface area (Å²) in [4.78, 5) is 8.84. The molecule has 0 fully saturated rings. The van der Waals surface area contributed by atoms with Crippen molar-refractivity contribution in [2.24, 2.45) is 0 Å². The Balaban J connectivity index is 1.51. The van der Waals surface area contributed by atoms with Crippen LogP contribution < -0.4 is 10.1 Å². The first kappa shape index (κ1) is 19.7. The van der Waals surface area contributed by atoms with Crippen molar-refractivity contribution >= 4 is 17.0 Å². The smallest absolute Gasteiger partial charge is 0.161 e. The normalized spacial score (nSPS) is 11.1. The van der Waals surface area contributed by atoms with Crippen LogP contribution in [-0.4, -0.2) is 26.0 Å². The fraction of sp³-hybridized carbons (Fsp3) is 0.0833. The van der Waals surface area contributed by atoms with E-state index in [1.807, 2.05) is 54.2 Å². The molecule has 6 nitrogen and oxygen atoms in total. The van der Waals surface area contributed by atoms with Gasteiger partial charge in [-0.15, -0.1) is 0 Å². The summed E-state index contributed by atoms with van der Waals surface area (Å²) in [6, 6.07) is 13.0. The van der Waals surface area contributed by atoms with E-state index >= 15 is 0 Å². The van der Waals surface area contributed by atoms with Crippen LogP contribution in [0.2, 0.25) is 0 Å². The van der Waals surface area contributed by atoms with E-state index in [9.17, 15) is 8.78 Å². The van der Waals surface area contributed by atoms with Gasteiger partial charge in [-0.25, -0.2) is 18.7 Å². The lowest BCUT2D eigenvalue weighted by Crippen LogP contribution is -1.99. The van der Waals surface area contributed by atoms with Crippen LogP contribution in [0.15, 0.2) is 73.4 Å². The molecule has 0 amide bonds. The maximum absolute atomic E-state index is 14.2. The lowest BCUT2D eigenvalue weighted by molar-refractivity contribution is 0.413. The number of benzene rings is 2. The lowest BCUT2D eigenvalue weighted by atomic mass is 10.1. The number of ether oxygens (including phenoxy) is 1. The van der Waals surface area contributed by atoms with Gasteiger partial charge in [0.1, 0.15) is 17.4 Å². The van der Waals surface area contributed by atoms with E-state index in [0.29, 0.717) is 17.1 Å². The van der Waals surface area contributed by atoms with Crippen LogP contribution in [0.4, 0.5) is 20.2 Å². The number of nitrogens with one attached hydrogen (secondary N) is 1. The van der Waals surface area contributed by atoms with Crippen molar-refractivity contribution in [2.75, 3.05) is 12.4 Å². The Hall–Kier alpha value is -4.20.